The molecule has 2 rings (SSSR count). The Hall–Kier alpha value is -2.75. The van der Waals surface area contributed by atoms with Crippen molar-refractivity contribution >= 4 is 17.3 Å². The zero-order chi connectivity index (χ0) is 14.4. The molecule has 0 heterocycles. The van der Waals surface area contributed by atoms with Gasteiger partial charge in [-0.2, -0.15) is 0 Å². The minimum absolute atomic E-state index is 0.134. The number of rotatable bonds is 4. The van der Waals surface area contributed by atoms with E-state index in [1.165, 1.54) is 6.20 Å². The molecule has 2 aromatic rings. The van der Waals surface area contributed by atoms with E-state index in [1.807, 2.05) is 42.5 Å². The Morgan fingerprint density at radius 1 is 1.05 bits per heavy atom. The molecule has 20 heavy (non-hydrogen) atoms. The van der Waals surface area contributed by atoms with Crippen LogP contribution in [0.2, 0.25) is 0 Å². The van der Waals surface area contributed by atoms with Crippen molar-refractivity contribution in [2.24, 2.45) is 5.73 Å². The van der Waals surface area contributed by atoms with Crippen LogP contribution in [0, 0.1) is 0 Å². The fourth-order valence-electron chi connectivity index (χ4n) is 1.88. The molecule has 0 bridgehead atoms. The number of nitrogens with two attached hydrogens (primary N) is 1. The van der Waals surface area contributed by atoms with Gasteiger partial charge in [0.15, 0.2) is 0 Å². The summed E-state index contributed by atoms with van der Waals surface area (Å²) in [7, 11) is 1.80. The van der Waals surface area contributed by atoms with Gasteiger partial charge in [0.05, 0.1) is 5.70 Å². The number of benzene rings is 2. The summed E-state index contributed by atoms with van der Waals surface area (Å²) in [5.41, 5.74) is 8.62. The van der Waals surface area contributed by atoms with Crippen molar-refractivity contribution in [3.63, 3.8) is 0 Å². The molecule has 0 aliphatic carbocycles. The van der Waals surface area contributed by atoms with Gasteiger partial charge in [-0.15, -0.1) is 0 Å². The molecule has 0 saturated heterocycles. The van der Waals surface area contributed by atoms with Crippen molar-refractivity contribution in [3.05, 3.63) is 71.9 Å². The number of nitrogens with one attached hydrogen (secondary N) is 2. The fraction of sp³-hybridized carbons (Fsp3) is 0.0625. The first-order chi connectivity index (χ1) is 9.74. The molecule has 0 fully saturated rings. The first-order valence-electron chi connectivity index (χ1n) is 6.31. The smallest absolute Gasteiger partial charge is 0.255 e. The molecule has 0 atom stereocenters. The lowest BCUT2D eigenvalue weighted by atomic mass is 10.1. The van der Waals surface area contributed by atoms with E-state index in [1.54, 1.807) is 19.2 Å². The van der Waals surface area contributed by atoms with E-state index in [0.717, 1.165) is 16.9 Å². The maximum absolute atomic E-state index is 12.1. The first-order valence-corrected chi connectivity index (χ1v) is 6.31. The average Bonchev–Trinajstić information content (AvgIpc) is 2.50. The van der Waals surface area contributed by atoms with Gasteiger partial charge in [-0.25, -0.2) is 0 Å². The third-order valence-corrected chi connectivity index (χ3v) is 2.90. The van der Waals surface area contributed by atoms with Gasteiger partial charge in [-0.1, -0.05) is 30.3 Å². The van der Waals surface area contributed by atoms with Crippen LogP contribution in [0.3, 0.4) is 0 Å². The highest BCUT2D eigenvalue weighted by molar-refractivity contribution is 6.04. The summed E-state index contributed by atoms with van der Waals surface area (Å²) in [5, 5.41) is 5.87. The molecule has 102 valence electrons. The minimum Gasteiger partial charge on any atom is -0.403 e. The highest BCUT2D eigenvalue weighted by atomic mass is 16.1. The lowest BCUT2D eigenvalue weighted by molar-refractivity contribution is 0.102. The number of carbonyl (C=O) groups is 1. The first kappa shape index (κ1) is 13.7. The summed E-state index contributed by atoms with van der Waals surface area (Å²) in [5.74, 6) is -0.134. The van der Waals surface area contributed by atoms with E-state index < -0.39 is 0 Å². The molecular formula is C16H17N3O. The molecule has 0 saturated carbocycles. The summed E-state index contributed by atoms with van der Waals surface area (Å²) in [6.45, 7) is 0. The van der Waals surface area contributed by atoms with Crippen LogP contribution >= 0.6 is 0 Å². The van der Waals surface area contributed by atoms with E-state index in [9.17, 15) is 4.79 Å². The second-order valence-electron chi connectivity index (χ2n) is 4.23. The van der Waals surface area contributed by atoms with Gasteiger partial charge in [0.25, 0.3) is 5.91 Å². The van der Waals surface area contributed by atoms with Gasteiger partial charge < -0.3 is 16.4 Å². The molecule has 0 spiro atoms. The standard InChI is InChI=1S/C16H17N3O/c1-18-15(11-17)13-8-5-9-14(10-13)19-16(20)12-6-3-2-4-7-12/h2-11,18H,17H2,1H3,(H,19,20)/b15-11-. The summed E-state index contributed by atoms with van der Waals surface area (Å²) in [6, 6.07) is 16.6. The van der Waals surface area contributed by atoms with Gasteiger partial charge in [0.2, 0.25) is 0 Å². The topological polar surface area (TPSA) is 67.2 Å². The second-order valence-corrected chi connectivity index (χ2v) is 4.23. The summed E-state index contributed by atoms with van der Waals surface area (Å²) in [4.78, 5) is 12.1. The van der Waals surface area contributed by atoms with E-state index in [2.05, 4.69) is 10.6 Å². The van der Waals surface area contributed by atoms with E-state index in [0.29, 0.717) is 5.56 Å². The third-order valence-electron chi connectivity index (χ3n) is 2.90. The van der Waals surface area contributed by atoms with Crippen LogP contribution in [0.5, 0.6) is 0 Å². The average molecular weight is 267 g/mol. The molecule has 0 aromatic heterocycles. The Bertz CT molecular complexity index is 621. The monoisotopic (exact) mass is 267 g/mol. The highest BCUT2D eigenvalue weighted by Crippen LogP contribution is 2.16. The fourth-order valence-corrected chi connectivity index (χ4v) is 1.88. The SMILES string of the molecule is CN/C(=C\N)c1cccc(NC(=O)c2ccccc2)c1. The molecule has 0 aliphatic rings. The van der Waals surface area contributed by atoms with Crippen LogP contribution in [0.1, 0.15) is 15.9 Å². The number of anilines is 1. The third kappa shape index (κ3) is 3.17. The van der Waals surface area contributed by atoms with E-state index in [4.69, 9.17) is 5.73 Å². The molecule has 4 nitrogen and oxygen atoms in total. The van der Waals surface area contributed by atoms with Gasteiger partial charge in [0.1, 0.15) is 0 Å². The number of hydrogen-bond donors (Lipinski definition) is 3. The van der Waals surface area contributed by atoms with Crippen LogP contribution < -0.4 is 16.4 Å². The molecule has 4 N–H and O–H groups in total. The van der Waals surface area contributed by atoms with Gasteiger partial charge in [0, 0.05) is 30.1 Å². The second kappa shape index (κ2) is 6.43. The van der Waals surface area contributed by atoms with Gasteiger partial charge in [-0.3, -0.25) is 4.79 Å². The Balaban J connectivity index is 2.18. The molecule has 0 unspecified atom stereocenters. The molecule has 1 amide bonds. The molecular weight excluding hydrogens is 250 g/mol. The molecule has 2 aromatic carbocycles. The largest absolute Gasteiger partial charge is 0.403 e. The van der Waals surface area contributed by atoms with Crippen molar-refractivity contribution < 1.29 is 4.79 Å². The lowest BCUT2D eigenvalue weighted by Gasteiger charge is -2.09. The van der Waals surface area contributed by atoms with Crippen molar-refractivity contribution in [2.45, 2.75) is 0 Å². The van der Waals surface area contributed by atoms with Crippen LogP contribution in [-0.2, 0) is 0 Å². The predicted molar refractivity (Wildman–Crippen MR) is 82.1 cm³/mol. The summed E-state index contributed by atoms with van der Waals surface area (Å²) < 4.78 is 0. The molecule has 0 aliphatic heterocycles. The Morgan fingerprint density at radius 2 is 1.75 bits per heavy atom. The zero-order valence-electron chi connectivity index (χ0n) is 11.3. The van der Waals surface area contributed by atoms with Crippen molar-refractivity contribution in [1.29, 1.82) is 0 Å². The van der Waals surface area contributed by atoms with Gasteiger partial charge >= 0.3 is 0 Å². The maximum Gasteiger partial charge on any atom is 0.255 e. The van der Waals surface area contributed by atoms with Crippen LogP contribution in [-0.4, -0.2) is 13.0 Å². The van der Waals surface area contributed by atoms with E-state index >= 15 is 0 Å². The lowest BCUT2D eigenvalue weighted by Crippen LogP contribution is -2.12. The number of hydrogen-bond acceptors (Lipinski definition) is 3. The number of amides is 1. The Labute approximate surface area is 118 Å². The number of carbonyl (C=O) groups excluding carboxylic acids is 1. The van der Waals surface area contributed by atoms with Crippen LogP contribution in [0.15, 0.2) is 60.8 Å². The minimum atomic E-state index is -0.134. The molecule has 0 radical (unpaired) electrons. The molecule has 4 heteroatoms. The van der Waals surface area contributed by atoms with Gasteiger partial charge in [-0.05, 0) is 24.3 Å². The van der Waals surface area contributed by atoms with Crippen LogP contribution in [0.4, 0.5) is 5.69 Å². The van der Waals surface area contributed by atoms with Crippen molar-refractivity contribution in [2.75, 3.05) is 12.4 Å². The highest BCUT2D eigenvalue weighted by Gasteiger charge is 2.06. The normalized spacial score (nSPS) is 10.9. The van der Waals surface area contributed by atoms with Crippen molar-refractivity contribution in [1.82, 2.24) is 5.32 Å². The van der Waals surface area contributed by atoms with Crippen LogP contribution in [0.25, 0.3) is 5.70 Å². The Kier molecular flexibility index (Phi) is 4.39. The predicted octanol–water partition coefficient (Wildman–Crippen LogP) is 2.42. The van der Waals surface area contributed by atoms with E-state index in [-0.39, 0.29) is 5.91 Å². The summed E-state index contributed by atoms with van der Waals surface area (Å²) >= 11 is 0. The Morgan fingerprint density at radius 3 is 2.40 bits per heavy atom. The maximum atomic E-state index is 12.1. The quantitative estimate of drug-likeness (QED) is 0.797. The zero-order valence-corrected chi connectivity index (χ0v) is 11.3. The van der Waals surface area contributed by atoms with Crippen molar-refractivity contribution in [3.8, 4) is 0 Å². The summed E-state index contributed by atoms with van der Waals surface area (Å²) in [6.07, 6.45) is 1.50.